The third-order valence-corrected chi connectivity index (χ3v) is 3.38. The number of rotatable bonds is 4. The average molecular weight is 280 g/mol. The fourth-order valence-electron chi connectivity index (χ4n) is 2.22. The van der Waals surface area contributed by atoms with Crippen molar-refractivity contribution in [3.8, 4) is 0 Å². The average Bonchev–Trinajstić information content (AvgIpc) is 2.89. The molecule has 0 bridgehead atoms. The lowest BCUT2D eigenvalue weighted by Gasteiger charge is -2.06. The fraction of sp³-hybridized carbons (Fsp3) is 0.188. The number of carbonyl (C=O) groups excluding carboxylic acids is 1. The first-order valence-corrected chi connectivity index (χ1v) is 6.87. The molecule has 0 radical (unpaired) electrons. The summed E-state index contributed by atoms with van der Waals surface area (Å²) in [4.78, 5) is 12.1. The first-order chi connectivity index (χ1) is 10.2. The van der Waals surface area contributed by atoms with E-state index in [0.29, 0.717) is 17.8 Å². The summed E-state index contributed by atoms with van der Waals surface area (Å²) < 4.78 is 1.85. The van der Waals surface area contributed by atoms with Crippen LogP contribution < -0.4 is 5.32 Å². The third-order valence-electron chi connectivity index (χ3n) is 3.38. The molecule has 0 aliphatic rings. The Morgan fingerprint density at radius 3 is 2.81 bits per heavy atom. The van der Waals surface area contributed by atoms with E-state index in [-0.39, 0.29) is 5.91 Å². The molecule has 0 unspecified atom stereocenters. The molecule has 0 atom stereocenters. The number of benzene rings is 1. The van der Waals surface area contributed by atoms with Crippen molar-refractivity contribution in [1.29, 1.82) is 0 Å². The number of amides is 1. The summed E-state index contributed by atoms with van der Waals surface area (Å²) in [6.07, 6.45) is 2.63. The first-order valence-electron chi connectivity index (χ1n) is 6.87. The highest BCUT2D eigenvalue weighted by molar-refractivity contribution is 5.94. The highest BCUT2D eigenvalue weighted by atomic mass is 16.1. The van der Waals surface area contributed by atoms with Crippen LogP contribution in [0.4, 0.5) is 0 Å². The SMILES string of the molecule is Cc1nnc2cc(C(=O)NCCc3ccccc3)ccn12. The Bertz CT molecular complexity index is 764. The number of aromatic nitrogens is 3. The number of nitrogens with zero attached hydrogens (tertiary/aromatic N) is 3. The number of nitrogens with one attached hydrogen (secondary N) is 1. The minimum atomic E-state index is -0.0888. The van der Waals surface area contributed by atoms with Gasteiger partial charge >= 0.3 is 0 Å². The van der Waals surface area contributed by atoms with Crippen molar-refractivity contribution in [2.45, 2.75) is 13.3 Å². The zero-order valence-corrected chi connectivity index (χ0v) is 11.8. The van der Waals surface area contributed by atoms with Crippen LogP contribution in [0.5, 0.6) is 0 Å². The monoisotopic (exact) mass is 280 g/mol. The highest BCUT2D eigenvalue weighted by Gasteiger charge is 2.08. The van der Waals surface area contributed by atoms with Gasteiger partial charge < -0.3 is 5.32 Å². The second-order valence-electron chi connectivity index (χ2n) is 4.88. The predicted octanol–water partition coefficient (Wildman–Crippen LogP) is 2.01. The van der Waals surface area contributed by atoms with Crippen molar-refractivity contribution < 1.29 is 4.79 Å². The molecule has 1 N–H and O–H groups in total. The highest BCUT2D eigenvalue weighted by Crippen LogP contribution is 2.07. The van der Waals surface area contributed by atoms with Crippen LogP contribution in [0.15, 0.2) is 48.7 Å². The second kappa shape index (κ2) is 5.75. The lowest BCUT2D eigenvalue weighted by molar-refractivity contribution is 0.0954. The van der Waals surface area contributed by atoms with Gasteiger partial charge in [-0.15, -0.1) is 10.2 Å². The summed E-state index contributed by atoms with van der Waals surface area (Å²) >= 11 is 0. The minimum Gasteiger partial charge on any atom is -0.352 e. The lowest BCUT2D eigenvalue weighted by atomic mass is 10.1. The molecule has 2 heterocycles. The Labute approximate surface area is 122 Å². The Morgan fingerprint density at radius 1 is 1.19 bits per heavy atom. The molecule has 0 aliphatic heterocycles. The molecule has 3 rings (SSSR count). The second-order valence-corrected chi connectivity index (χ2v) is 4.88. The maximum absolute atomic E-state index is 12.1. The van der Waals surface area contributed by atoms with E-state index in [1.54, 1.807) is 12.1 Å². The molecule has 5 nitrogen and oxygen atoms in total. The summed E-state index contributed by atoms with van der Waals surface area (Å²) in [6, 6.07) is 13.6. The van der Waals surface area contributed by atoms with Gasteiger partial charge in [0.15, 0.2) is 5.65 Å². The molecule has 2 aromatic heterocycles. The van der Waals surface area contributed by atoms with E-state index >= 15 is 0 Å². The third kappa shape index (κ3) is 2.91. The van der Waals surface area contributed by atoms with Gasteiger partial charge in [-0.05, 0) is 31.0 Å². The van der Waals surface area contributed by atoms with Crippen molar-refractivity contribution in [1.82, 2.24) is 19.9 Å². The molecular weight excluding hydrogens is 264 g/mol. The molecule has 0 saturated carbocycles. The number of carbonyl (C=O) groups is 1. The standard InChI is InChI=1S/C16H16N4O/c1-12-18-19-15-11-14(8-10-20(12)15)16(21)17-9-7-13-5-3-2-4-6-13/h2-6,8,10-11H,7,9H2,1H3,(H,17,21). The maximum atomic E-state index is 12.1. The summed E-state index contributed by atoms with van der Waals surface area (Å²) in [6.45, 7) is 2.49. The Balaban J connectivity index is 1.64. The topological polar surface area (TPSA) is 59.3 Å². The summed E-state index contributed by atoms with van der Waals surface area (Å²) in [7, 11) is 0. The molecule has 3 aromatic rings. The molecule has 5 heteroatoms. The van der Waals surface area contributed by atoms with E-state index in [9.17, 15) is 4.79 Å². The summed E-state index contributed by atoms with van der Waals surface area (Å²) in [5.41, 5.74) is 2.49. The van der Waals surface area contributed by atoms with Crippen LogP contribution in [0, 0.1) is 6.92 Å². The van der Waals surface area contributed by atoms with Crippen LogP contribution in [0.25, 0.3) is 5.65 Å². The van der Waals surface area contributed by atoms with Crippen molar-refractivity contribution in [3.05, 3.63) is 65.6 Å². The van der Waals surface area contributed by atoms with Gasteiger partial charge in [-0.1, -0.05) is 30.3 Å². The summed E-state index contributed by atoms with van der Waals surface area (Å²) in [5, 5.41) is 10.9. The number of aryl methyl sites for hydroxylation is 1. The van der Waals surface area contributed by atoms with E-state index in [1.165, 1.54) is 5.56 Å². The van der Waals surface area contributed by atoms with Gasteiger partial charge in [0.05, 0.1) is 0 Å². The molecule has 21 heavy (non-hydrogen) atoms. The summed E-state index contributed by atoms with van der Waals surface area (Å²) in [5.74, 6) is 0.718. The quantitative estimate of drug-likeness (QED) is 0.795. The van der Waals surface area contributed by atoms with Crippen molar-refractivity contribution >= 4 is 11.6 Å². The van der Waals surface area contributed by atoms with Crippen molar-refractivity contribution in [2.24, 2.45) is 0 Å². The zero-order chi connectivity index (χ0) is 14.7. The first kappa shape index (κ1) is 13.3. The Kier molecular flexibility index (Phi) is 3.64. The number of fused-ring (bicyclic) bond motifs is 1. The van der Waals surface area contributed by atoms with E-state index in [1.807, 2.05) is 35.7 Å². The molecule has 0 fully saturated rings. The molecular formula is C16H16N4O. The zero-order valence-electron chi connectivity index (χ0n) is 11.8. The number of hydrogen-bond donors (Lipinski definition) is 1. The van der Waals surface area contributed by atoms with Crippen LogP contribution in [-0.4, -0.2) is 27.0 Å². The smallest absolute Gasteiger partial charge is 0.251 e. The normalized spacial score (nSPS) is 10.7. The molecule has 0 saturated heterocycles. The van der Waals surface area contributed by atoms with Gasteiger partial charge in [-0.3, -0.25) is 9.20 Å². The van der Waals surface area contributed by atoms with E-state index < -0.39 is 0 Å². The van der Waals surface area contributed by atoms with Crippen LogP contribution in [-0.2, 0) is 6.42 Å². The van der Waals surface area contributed by atoms with Crippen LogP contribution in [0.1, 0.15) is 21.7 Å². The lowest BCUT2D eigenvalue weighted by Crippen LogP contribution is -2.25. The van der Waals surface area contributed by atoms with Crippen LogP contribution in [0.2, 0.25) is 0 Å². The fourth-order valence-corrected chi connectivity index (χ4v) is 2.22. The Hall–Kier alpha value is -2.69. The van der Waals surface area contributed by atoms with Gasteiger partial charge in [-0.25, -0.2) is 0 Å². The molecule has 0 aliphatic carbocycles. The maximum Gasteiger partial charge on any atom is 0.251 e. The van der Waals surface area contributed by atoms with Gasteiger partial charge in [0, 0.05) is 18.3 Å². The van der Waals surface area contributed by atoms with E-state index in [2.05, 4.69) is 27.6 Å². The number of hydrogen-bond acceptors (Lipinski definition) is 3. The Morgan fingerprint density at radius 2 is 2.00 bits per heavy atom. The van der Waals surface area contributed by atoms with Crippen LogP contribution >= 0.6 is 0 Å². The number of pyridine rings is 1. The molecule has 106 valence electrons. The molecule has 1 aromatic carbocycles. The molecule has 1 amide bonds. The van der Waals surface area contributed by atoms with E-state index in [0.717, 1.165) is 12.2 Å². The van der Waals surface area contributed by atoms with Crippen molar-refractivity contribution in [3.63, 3.8) is 0 Å². The van der Waals surface area contributed by atoms with Gasteiger partial charge in [0.25, 0.3) is 5.91 Å². The predicted molar refractivity (Wildman–Crippen MR) is 80.2 cm³/mol. The van der Waals surface area contributed by atoms with Gasteiger partial charge in [-0.2, -0.15) is 0 Å². The van der Waals surface area contributed by atoms with E-state index in [4.69, 9.17) is 0 Å². The largest absolute Gasteiger partial charge is 0.352 e. The van der Waals surface area contributed by atoms with Crippen molar-refractivity contribution in [2.75, 3.05) is 6.54 Å². The molecule has 0 spiro atoms. The van der Waals surface area contributed by atoms with Gasteiger partial charge in [0.2, 0.25) is 0 Å². The minimum absolute atomic E-state index is 0.0888. The van der Waals surface area contributed by atoms with Gasteiger partial charge in [0.1, 0.15) is 5.82 Å². The van der Waals surface area contributed by atoms with Crippen LogP contribution in [0.3, 0.4) is 0 Å².